The summed E-state index contributed by atoms with van der Waals surface area (Å²) in [6.07, 6.45) is 1.27. The summed E-state index contributed by atoms with van der Waals surface area (Å²) in [5.41, 5.74) is 16.9. The van der Waals surface area contributed by atoms with Crippen LogP contribution in [-0.4, -0.2) is 181 Å². The van der Waals surface area contributed by atoms with Gasteiger partial charge >= 0.3 is 17.9 Å². The molecule has 1 aromatic rings. The van der Waals surface area contributed by atoms with Crippen LogP contribution >= 0.6 is 0 Å². The van der Waals surface area contributed by atoms with E-state index < -0.39 is 134 Å². The molecular weight excluding hydrogens is 818 g/mol. The number of nitrogens with one attached hydrogen (secondary N) is 7. The molecule has 28 heteroatoms. The van der Waals surface area contributed by atoms with Crippen LogP contribution in [0.3, 0.4) is 0 Å². The predicted molar refractivity (Wildman–Crippen MR) is 204 cm³/mol. The Bertz CT molecular complexity index is 1770. The zero-order valence-corrected chi connectivity index (χ0v) is 32.6. The maximum atomic E-state index is 13.2. The van der Waals surface area contributed by atoms with Gasteiger partial charge in [-0.3, -0.25) is 48.1 Å². The van der Waals surface area contributed by atoms with Crippen LogP contribution in [0.25, 0.3) is 0 Å². The first-order valence-electron chi connectivity index (χ1n) is 18.5. The van der Waals surface area contributed by atoms with Crippen molar-refractivity contribution in [3.63, 3.8) is 0 Å². The van der Waals surface area contributed by atoms with E-state index in [0.29, 0.717) is 18.5 Å². The lowest BCUT2D eigenvalue weighted by Gasteiger charge is -2.27. The van der Waals surface area contributed by atoms with Gasteiger partial charge in [0, 0.05) is 31.4 Å². The fourth-order valence-electron chi connectivity index (χ4n) is 5.75. The lowest BCUT2D eigenvalue weighted by Crippen LogP contribution is -2.60. The molecule has 0 bridgehead atoms. The number of hydrogen-bond acceptors (Lipinski definition) is 15. The monoisotopic (exact) mass is 869 g/mol. The van der Waals surface area contributed by atoms with E-state index >= 15 is 0 Å². The van der Waals surface area contributed by atoms with E-state index in [1.165, 1.54) is 17.4 Å². The normalized spacial score (nSPS) is 16.2. The lowest BCUT2D eigenvalue weighted by atomic mass is 10.1. The Balaban J connectivity index is 2.05. The second-order valence-corrected chi connectivity index (χ2v) is 13.5. The van der Waals surface area contributed by atoms with Crippen LogP contribution < -0.4 is 49.1 Å². The van der Waals surface area contributed by atoms with Crippen molar-refractivity contribution in [3.05, 3.63) is 18.2 Å². The van der Waals surface area contributed by atoms with Gasteiger partial charge in [0.15, 0.2) is 5.96 Å². The van der Waals surface area contributed by atoms with Crippen molar-refractivity contribution in [3.8, 4) is 0 Å². The van der Waals surface area contributed by atoms with E-state index in [-0.39, 0.29) is 38.3 Å². The zero-order valence-electron chi connectivity index (χ0n) is 32.6. The van der Waals surface area contributed by atoms with Crippen molar-refractivity contribution < 1.29 is 73.5 Å². The van der Waals surface area contributed by atoms with Crippen molar-refractivity contribution in [1.29, 1.82) is 0 Å². The highest BCUT2D eigenvalue weighted by molar-refractivity contribution is 5.98. The van der Waals surface area contributed by atoms with Crippen LogP contribution in [0.1, 0.15) is 44.2 Å². The van der Waals surface area contributed by atoms with Crippen molar-refractivity contribution in [2.24, 2.45) is 22.2 Å². The molecule has 1 aliphatic heterocycles. The SMILES string of the molecule is NC(N)=NCCCC(N)C(=O)N1CCCC1C(=O)NCC(=O)NC(CC(=O)O)C(=O)NC(CC(=O)O)C(=O)NC(CO)C(=O)NC(CO)C(=O)NC(Cc1cnc[nH]1)C(=O)O. The first kappa shape index (κ1) is 50.2. The quantitative estimate of drug-likeness (QED) is 0.0233. The smallest absolute Gasteiger partial charge is 0.326 e. The Morgan fingerprint density at radius 1 is 0.803 bits per heavy atom. The second kappa shape index (κ2) is 24.9. The summed E-state index contributed by atoms with van der Waals surface area (Å²) in [4.78, 5) is 137. The standard InChI is InChI=1S/C33H51N13O15/c34-16(3-1-5-38-33(35)36)31(59)46-6-2-4-22(46)30(58)39-11-23(49)41-17(8-24(50)51)26(54)42-18(9-25(52)53)27(55)44-21(13-48)29(57)45-20(12-47)28(56)43-19(32(60)61)7-15-10-37-14-40-15/h10,14,16-22,47-48H,1-9,11-13,34H2,(H,37,40)(H,39,58)(H,41,49)(H,42,54)(H,43,56)(H,44,55)(H,45,57)(H,50,51)(H,52,53)(H,60,61)(H4,35,36,38). The number of rotatable bonds is 26. The predicted octanol–water partition coefficient (Wildman–Crippen LogP) is -8.12. The Kier molecular flexibility index (Phi) is 20.5. The van der Waals surface area contributed by atoms with Gasteiger partial charge in [-0.1, -0.05) is 0 Å². The third-order valence-electron chi connectivity index (χ3n) is 8.81. The number of aliphatic carboxylic acids is 3. The number of aliphatic hydroxyl groups is 2. The van der Waals surface area contributed by atoms with Gasteiger partial charge in [-0.2, -0.15) is 0 Å². The third-order valence-corrected chi connectivity index (χ3v) is 8.81. The summed E-state index contributed by atoms with van der Waals surface area (Å²) < 4.78 is 0. The number of likely N-dealkylation sites (tertiary alicyclic amines) is 1. The minimum absolute atomic E-state index is 0.129. The number of aromatic amines is 1. The third kappa shape index (κ3) is 17.1. The summed E-state index contributed by atoms with van der Waals surface area (Å²) >= 11 is 0. The minimum Gasteiger partial charge on any atom is -0.481 e. The van der Waals surface area contributed by atoms with Crippen LogP contribution in [0.5, 0.6) is 0 Å². The van der Waals surface area contributed by atoms with Crippen molar-refractivity contribution in [1.82, 2.24) is 46.8 Å². The number of aromatic nitrogens is 2. The Morgan fingerprint density at radius 2 is 1.33 bits per heavy atom. The fraction of sp³-hybridized carbons (Fsp3) is 0.576. The van der Waals surface area contributed by atoms with Gasteiger partial charge in [0.25, 0.3) is 0 Å². The minimum atomic E-state index is -2.07. The molecule has 1 aromatic heterocycles. The molecule has 7 atom stereocenters. The molecule has 28 nitrogen and oxygen atoms in total. The van der Waals surface area contributed by atoms with Crippen molar-refractivity contribution in [2.75, 3.05) is 32.8 Å². The number of H-pyrrole nitrogens is 1. The number of guanidine groups is 1. The van der Waals surface area contributed by atoms with Gasteiger partial charge in [-0.05, 0) is 25.7 Å². The molecule has 0 aromatic carbocycles. The topological polar surface area (TPSA) is 466 Å². The van der Waals surface area contributed by atoms with Crippen LogP contribution in [0.15, 0.2) is 17.5 Å². The molecule has 7 amide bonds. The number of imidazole rings is 1. The molecule has 1 aliphatic rings. The molecule has 338 valence electrons. The maximum Gasteiger partial charge on any atom is 0.326 e. The van der Waals surface area contributed by atoms with E-state index in [1.807, 2.05) is 16.0 Å². The number of carbonyl (C=O) groups is 10. The lowest BCUT2D eigenvalue weighted by molar-refractivity contribution is -0.143. The van der Waals surface area contributed by atoms with Gasteiger partial charge in [0.2, 0.25) is 41.4 Å². The van der Waals surface area contributed by atoms with Crippen molar-refractivity contribution in [2.45, 2.75) is 87.2 Å². The number of nitrogens with two attached hydrogens (primary N) is 3. The van der Waals surface area contributed by atoms with Gasteiger partial charge in [0.1, 0.15) is 36.3 Å². The molecular formula is C33H51N13O15. The number of hydrogen-bond donors (Lipinski definition) is 15. The number of aliphatic hydroxyl groups excluding tert-OH is 2. The molecule has 61 heavy (non-hydrogen) atoms. The van der Waals surface area contributed by atoms with Gasteiger partial charge in [-0.25, -0.2) is 9.78 Å². The average molecular weight is 870 g/mol. The largest absolute Gasteiger partial charge is 0.481 e. The van der Waals surface area contributed by atoms with Crippen LogP contribution in [0.4, 0.5) is 0 Å². The second-order valence-electron chi connectivity index (χ2n) is 13.5. The van der Waals surface area contributed by atoms with Crippen LogP contribution in [-0.2, 0) is 54.4 Å². The summed E-state index contributed by atoms with van der Waals surface area (Å²) in [6, 6.07) is -11.3. The first-order chi connectivity index (χ1) is 28.8. The molecule has 1 fully saturated rings. The molecule has 0 aliphatic carbocycles. The molecule has 0 radical (unpaired) electrons. The van der Waals surface area contributed by atoms with E-state index in [4.69, 9.17) is 17.2 Å². The summed E-state index contributed by atoms with van der Waals surface area (Å²) in [7, 11) is 0. The number of nitrogens with zero attached hydrogens (tertiary/aromatic N) is 3. The molecule has 18 N–H and O–H groups in total. The van der Waals surface area contributed by atoms with E-state index in [2.05, 4.69) is 30.9 Å². The van der Waals surface area contributed by atoms with Gasteiger partial charge in [0.05, 0.1) is 45.0 Å². The average Bonchev–Trinajstić information content (AvgIpc) is 3.91. The molecule has 7 unspecified atom stereocenters. The van der Waals surface area contributed by atoms with Crippen molar-refractivity contribution >= 4 is 65.2 Å². The highest BCUT2D eigenvalue weighted by atomic mass is 16.4. The molecule has 2 heterocycles. The number of carboxylic acid groups (broad SMARTS) is 3. The Labute approximate surface area is 345 Å². The van der Waals surface area contributed by atoms with Crippen LogP contribution in [0.2, 0.25) is 0 Å². The van der Waals surface area contributed by atoms with Gasteiger partial charge < -0.3 is 84.5 Å². The number of carbonyl (C=O) groups excluding carboxylic acids is 7. The Hall–Kier alpha value is -6.94. The molecule has 0 spiro atoms. The number of carboxylic acids is 3. The Morgan fingerprint density at radius 3 is 1.82 bits per heavy atom. The number of aliphatic imine (C=N–C) groups is 1. The zero-order chi connectivity index (χ0) is 45.8. The first-order valence-corrected chi connectivity index (χ1v) is 18.5. The molecule has 1 saturated heterocycles. The summed E-state index contributed by atoms with van der Waals surface area (Å²) in [6.45, 7) is -2.67. The van der Waals surface area contributed by atoms with E-state index in [0.717, 1.165) is 0 Å². The number of amides is 7. The van der Waals surface area contributed by atoms with Gasteiger partial charge in [-0.15, -0.1) is 0 Å². The van der Waals surface area contributed by atoms with E-state index in [1.54, 1.807) is 0 Å². The maximum absolute atomic E-state index is 13.2. The summed E-state index contributed by atoms with van der Waals surface area (Å²) in [5.74, 6) is -12.6. The summed E-state index contributed by atoms with van der Waals surface area (Å²) in [5, 5.41) is 60.3. The van der Waals surface area contributed by atoms with Crippen LogP contribution in [0, 0.1) is 0 Å². The molecule has 0 saturated carbocycles. The highest BCUT2D eigenvalue weighted by Crippen LogP contribution is 2.19. The highest BCUT2D eigenvalue weighted by Gasteiger charge is 2.37. The molecule has 2 rings (SSSR count). The van der Waals surface area contributed by atoms with E-state index in [9.17, 15) is 73.5 Å². The fourth-order valence-corrected chi connectivity index (χ4v) is 5.75.